The van der Waals surface area contributed by atoms with Gasteiger partial charge in [-0.2, -0.15) is 0 Å². The molecule has 3 aliphatic rings. The van der Waals surface area contributed by atoms with Crippen LogP contribution in [0, 0.1) is 11.3 Å². The maximum absolute atomic E-state index is 13.3. The van der Waals surface area contributed by atoms with Crippen molar-refractivity contribution in [3.63, 3.8) is 0 Å². The molecule has 2 fully saturated rings. The van der Waals surface area contributed by atoms with Crippen molar-refractivity contribution in [2.24, 2.45) is 11.3 Å². The van der Waals surface area contributed by atoms with Crippen molar-refractivity contribution in [2.45, 2.75) is 44.8 Å². The normalized spacial score (nSPS) is 35.0. The van der Waals surface area contributed by atoms with Crippen LogP contribution in [0.1, 0.15) is 32.6 Å². The summed E-state index contributed by atoms with van der Waals surface area (Å²) in [6, 6.07) is 0. The molecule has 1 aromatic heterocycles. The van der Waals surface area contributed by atoms with E-state index in [4.69, 9.17) is 9.47 Å². The van der Waals surface area contributed by atoms with E-state index in [-0.39, 0.29) is 16.9 Å². The van der Waals surface area contributed by atoms with Crippen LogP contribution in [0.2, 0.25) is 0 Å². The van der Waals surface area contributed by atoms with Gasteiger partial charge in [-0.1, -0.05) is 19.1 Å². The molecule has 0 N–H and O–H groups in total. The van der Waals surface area contributed by atoms with Gasteiger partial charge >= 0.3 is 0 Å². The predicted molar refractivity (Wildman–Crippen MR) is 97.5 cm³/mol. The Morgan fingerprint density at radius 3 is 3.08 bits per heavy atom. The van der Waals surface area contributed by atoms with E-state index in [2.05, 4.69) is 28.6 Å². The lowest BCUT2D eigenvalue weighted by Crippen LogP contribution is -2.50. The van der Waals surface area contributed by atoms with Crippen LogP contribution in [0.25, 0.3) is 0 Å². The van der Waals surface area contributed by atoms with Gasteiger partial charge in [-0.25, -0.2) is 4.98 Å². The van der Waals surface area contributed by atoms with Crippen LogP contribution in [0.5, 0.6) is 0 Å². The number of carbonyl (C=O) groups is 1. The molecule has 1 spiro atoms. The van der Waals surface area contributed by atoms with E-state index in [9.17, 15) is 4.79 Å². The molecule has 0 aromatic carbocycles. The Morgan fingerprint density at radius 1 is 1.38 bits per heavy atom. The number of carbonyl (C=O) groups excluding carboxylic acids is 1. The number of aromatic nitrogens is 2. The Balaban J connectivity index is 1.44. The van der Waals surface area contributed by atoms with Crippen LogP contribution in [-0.4, -0.2) is 58.9 Å². The number of ether oxygens (including phenoxy) is 2. The van der Waals surface area contributed by atoms with Gasteiger partial charge in [0.25, 0.3) is 0 Å². The first kappa shape index (κ1) is 17.7. The molecule has 3 heterocycles. The van der Waals surface area contributed by atoms with Crippen molar-refractivity contribution in [3.05, 3.63) is 30.9 Å². The Hall–Kier alpha value is -1.66. The highest BCUT2D eigenvalue weighted by atomic mass is 16.5. The van der Waals surface area contributed by atoms with Gasteiger partial charge in [-0.3, -0.25) is 4.79 Å². The standard InChI is InChI=1S/C20H29N3O3/c1-19(5-3-2-4-6-19)18(24)23-9-10-25-15-20(14-23)11-17(13-26-20)12-22-8-7-21-16-22/h2-3,7-8,16-17H,4-6,9-15H2,1H3. The summed E-state index contributed by atoms with van der Waals surface area (Å²) in [7, 11) is 0. The largest absolute Gasteiger partial charge is 0.377 e. The van der Waals surface area contributed by atoms with Crippen molar-refractivity contribution < 1.29 is 14.3 Å². The molecule has 3 unspecified atom stereocenters. The van der Waals surface area contributed by atoms with E-state index >= 15 is 0 Å². The molecule has 2 saturated heterocycles. The fourth-order valence-corrected chi connectivity index (χ4v) is 4.58. The number of amides is 1. The SMILES string of the molecule is CC1(C(=O)N2CCOCC3(CC(Cn4ccnc4)CO3)C2)CC=CCC1. The summed E-state index contributed by atoms with van der Waals surface area (Å²) >= 11 is 0. The Bertz CT molecular complexity index is 659. The van der Waals surface area contributed by atoms with Crippen molar-refractivity contribution in [2.75, 3.05) is 32.9 Å². The van der Waals surface area contributed by atoms with Crippen LogP contribution in [0.15, 0.2) is 30.9 Å². The van der Waals surface area contributed by atoms with E-state index in [1.807, 2.05) is 17.4 Å². The van der Waals surface area contributed by atoms with E-state index in [1.165, 1.54) is 0 Å². The molecule has 1 aliphatic carbocycles. The lowest BCUT2D eigenvalue weighted by Gasteiger charge is -2.38. The second-order valence-electron chi connectivity index (χ2n) is 8.38. The fourth-order valence-electron chi connectivity index (χ4n) is 4.58. The van der Waals surface area contributed by atoms with Crippen LogP contribution in [-0.2, 0) is 20.8 Å². The highest BCUT2D eigenvalue weighted by Crippen LogP contribution is 2.38. The quantitative estimate of drug-likeness (QED) is 0.777. The van der Waals surface area contributed by atoms with Crippen molar-refractivity contribution in [3.8, 4) is 0 Å². The maximum atomic E-state index is 13.3. The summed E-state index contributed by atoms with van der Waals surface area (Å²) in [6.07, 6.45) is 13.6. The molecule has 2 aliphatic heterocycles. The zero-order valence-electron chi connectivity index (χ0n) is 15.6. The second kappa shape index (κ2) is 7.16. The summed E-state index contributed by atoms with van der Waals surface area (Å²) in [4.78, 5) is 19.4. The number of hydrogen-bond acceptors (Lipinski definition) is 4. The molecule has 0 radical (unpaired) electrons. The van der Waals surface area contributed by atoms with Crippen LogP contribution >= 0.6 is 0 Å². The van der Waals surface area contributed by atoms with Crippen molar-refractivity contribution >= 4 is 5.91 Å². The molecule has 6 nitrogen and oxygen atoms in total. The molecular weight excluding hydrogens is 330 g/mol. The molecular formula is C20H29N3O3. The van der Waals surface area contributed by atoms with E-state index < -0.39 is 0 Å². The first-order valence-electron chi connectivity index (χ1n) is 9.71. The molecule has 0 saturated carbocycles. The molecule has 4 rings (SSSR count). The van der Waals surface area contributed by atoms with Gasteiger partial charge in [0.2, 0.25) is 5.91 Å². The fraction of sp³-hybridized carbons (Fsp3) is 0.700. The number of hydrogen-bond donors (Lipinski definition) is 0. The van der Waals surface area contributed by atoms with Crippen molar-refractivity contribution in [1.29, 1.82) is 0 Å². The monoisotopic (exact) mass is 359 g/mol. The van der Waals surface area contributed by atoms with Crippen molar-refractivity contribution in [1.82, 2.24) is 14.5 Å². The summed E-state index contributed by atoms with van der Waals surface area (Å²) in [5.74, 6) is 0.685. The minimum absolute atomic E-state index is 0.258. The van der Waals surface area contributed by atoms with Gasteiger partial charge in [-0.15, -0.1) is 0 Å². The van der Waals surface area contributed by atoms with Gasteiger partial charge in [0.1, 0.15) is 5.60 Å². The summed E-state index contributed by atoms with van der Waals surface area (Å²) in [6.45, 7) is 6.19. The number of rotatable bonds is 3. The van der Waals surface area contributed by atoms with Gasteiger partial charge in [-0.05, 0) is 25.7 Å². The van der Waals surface area contributed by atoms with Gasteiger partial charge in [0, 0.05) is 31.4 Å². The number of nitrogens with zero attached hydrogens (tertiary/aromatic N) is 3. The molecule has 142 valence electrons. The summed E-state index contributed by atoms with van der Waals surface area (Å²) in [5.41, 5.74) is -0.645. The first-order valence-corrected chi connectivity index (χ1v) is 9.71. The topological polar surface area (TPSA) is 56.6 Å². The predicted octanol–water partition coefficient (Wildman–Crippen LogP) is 2.26. The lowest BCUT2D eigenvalue weighted by atomic mass is 9.77. The smallest absolute Gasteiger partial charge is 0.229 e. The Labute approximate surface area is 155 Å². The average Bonchev–Trinajstić information content (AvgIpc) is 3.23. The molecule has 6 heteroatoms. The van der Waals surface area contributed by atoms with Gasteiger partial charge in [0.05, 0.1) is 38.1 Å². The third-order valence-electron chi connectivity index (χ3n) is 6.07. The molecule has 1 amide bonds. The first-order chi connectivity index (χ1) is 12.6. The third kappa shape index (κ3) is 3.58. The number of allylic oxidation sites excluding steroid dienone is 2. The molecule has 1 aromatic rings. The van der Waals surface area contributed by atoms with Crippen LogP contribution in [0.3, 0.4) is 0 Å². The Morgan fingerprint density at radius 2 is 2.31 bits per heavy atom. The molecule has 0 bridgehead atoms. The highest BCUT2D eigenvalue weighted by molar-refractivity contribution is 5.83. The zero-order valence-corrected chi connectivity index (χ0v) is 15.6. The minimum atomic E-state index is -0.363. The average molecular weight is 359 g/mol. The highest BCUT2D eigenvalue weighted by Gasteiger charge is 2.46. The van der Waals surface area contributed by atoms with Gasteiger partial charge in [0.15, 0.2) is 0 Å². The van der Waals surface area contributed by atoms with Crippen LogP contribution < -0.4 is 0 Å². The summed E-state index contributed by atoms with van der Waals surface area (Å²) < 4.78 is 14.2. The summed E-state index contributed by atoms with van der Waals surface area (Å²) in [5, 5.41) is 0. The maximum Gasteiger partial charge on any atom is 0.229 e. The van der Waals surface area contributed by atoms with E-state index in [1.54, 1.807) is 6.20 Å². The number of imidazole rings is 1. The van der Waals surface area contributed by atoms with E-state index in [0.717, 1.165) is 32.2 Å². The zero-order chi connectivity index (χ0) is 18.0. The third-order valence-corrected chi connectivity index (χ3v) is 6.07. The molecule has 3 atom stereocenters. The van der Waals surface area contributed by atoms with Gasteiger partial charge < -0.3 is 18.9 Å². The minimum Gasteiger partial charge on any atom is -0.377 e. The second-order valence-corrected chi connectivity index (χ2v) is 8.38. The molecule has 26 heavy (non-hydrogen) atoms. The van der Waals surface area contributed by atoms with Crippen LogP contribution in [0.4, 0.5) is 0 Å². The van der Waals surface area contributed by atoms with E-state index in [0.29, 0.717) is 38.8 Å². The lowest BCUT2D eigenvalue weighted by molar-refractivity contribution is -0.145. The Kier molecular flexibility index (Phi) is 4.88.